The third-order valence-electron chi connectivity index (χ3n) is 6.55. The molecule has 2 aromatic rings. The van der Waals surface area contributed by atoms with E-state index < -0.39 is 6.04 Å². The number of carbonyl (C=O) groups is 3. The maximum atomic E-state index is 13.4. The average molecular weight is 489 g/mol. The molecule has 2 fully saturated rings. The van der Waals surface area contributed by atoms with Crippen molar-refractivity contribution in [1.82, 2.24) is 15.1 Å². The predicted octanol–water partition coefficient (Wildman–Crippen LogP) is 3.18. The van der Waals surface area contributed by atoms with Crippen LogP contribution in [-0.4, -0.2) is 65.8 Å². The van der Waals surface area contributed by atoms with Crippen molar-refractivity contribution in [3.63, 3.8) is 0 Å². The Morgan fingerprint density at radius 1 is 1.00 bits per heavy atom. The van der Waals surface area contributed by atoms with Gasteiger partial charge >= 0.3 is 0 Å². The van der Waals surface area contributed by atoms with Crippen molar-refractivity contribution in [1.29, 1.82) is 0 Å². The third-order valence-corrected chi connectivity index (χ3v) is 6.80. The molecule has 0 bridgehead atoms. The van der Waals surface area contributed by atoms with Gasteiger partial charge < -0.3 is 20.4 Å². The molecular weight excluding hydrogens is 463 g/mol. The number of fused-ring (bicyclic) bond motifs is 2. The summed E-state index contributed by atoms with van der Waals surface area (Å²) in [6, 6.07) is 12.0. The Labute approximate surface area is 203 Å². The molecule has 0 saturated carbocycles. The molecule has 3 aliphatic rings. The fourth-order valence-electron chi connectivity index (χ4n) is 4.76. The maximum absolute atomic E-state index is 13.4. The fraction of sp³-hybridized carbons (Fsp3) is 0.375. The molecule has 3 aliphatic heterocycles. The molecule has 3 amide bonds. The fourth-order valence-corrected chi connectivity index (χ4v) is 4.88. The van der Waals surface area contributed by atoms with Crippen LogP contribution in [0.3, 0.4) is 0 Å². The van der Waals surface area contributed by atoms with E-state index in [1.54, 1.807) is 28.0 Å². The molecule has 2 N–H and O–H groups in total. The Balaban J connectivity index is 0.00000259. The lowest BCUT2D eigenvalue weighted by Gasteiger charge is -2.41. The second-order valence-corrected chi connectivity index (χ2v) is 8.99. The predicted molar refractivity (Wildman–Crippen MR) is 130 cm³/mol. The van der Waals surface area contributed by atoms with E-state index in [1.165, 1.54) is 0 Å². The molecular formula is C24H26Cl2N4O3. The number of nitrogens with one attached hydrogen (secondary N) is 2. The Hall–Kier alpha value is -2.61. The summed E-state index contributed by atoms with van der Waals surface area (Å²) in [5.74, 6) is -0.427. The molecule has 0 radical (unpaired) electrons. The zero-order chi connectivity index (χ0) is 22.2. The summed E-state index contributed by atoms with van der Waals surface area (Å²) < 4.78 is 0. The lowest BCUT2D eigenvalue weighted by atomic mass is 10.0. The lowest BCUT2D eigenvalue weighted by molar-refractivity contribution is -0.138. The zero-order valence-electron chi connectivity index (χ0n) is 18.1. The van der Waals surface area contributed by atoms with Crippen LogP contribution in [0.25, 0.3) is 11.1 Å². The number of piperazine rings is 1. The third kappa shape index (κ3) is 4.58. The van der Waals surface area contributed by atoms with Gasteiger partial charge in [0.1, 0.15) is 6.04 Å². The molecule has 174 valence electrons. The molecule has 3 heterocycles. The Morgan fingerprint density at radius 3 is 2.48 bits per heavy atom. The van der Waals surface area contributed by atoms with Crippen molar-refractivity contribution in [2.75, 3.05) is 31.5 Å². The second-order valence-electron chi connectivity index (χ2n) is 8.56. The largest absolute Gasteiger partial charge is 0.337 e. The van der Waals surface area contributed by atoms with E-state index in [9.17, 15) is 14.4 Å². The van der Waals surface area contributed by atoms with E-state index in [4.69, 9.17) is 11.6 Å². The minimum Gasteiger partial charge on any atom is -0.337 e. The topological polar surface area (TPSA) is 81.8 Å². The highest BCUT2D eigenvalue weighted by Gasteiger charge is 2.41. The van der Waals surface area contributed by atoms with E-state index in [0.717, 1.165) is 36.9 Å². The van der Waals surface area contributed by atoms with Gasteiger partial charge in [-0.2, -0.15) is 0 Å². The number of nitrogens with zero attached hydrogens (tertiary/aromatic N) is 2. The zero-order valence-corrected chi connectivity index (χ0v) is 19.6. The summed E-state index contributed by atoms with van der Waals surface area (Å²) >= 11 is 5.99. The molecule has 0 aliphatic carbocycles. The molecule has 7 nitrogen and oxygen atoms in total. The number of amides is 3. The number of benzene rings is 2. The Bertz CT molecular complexity index is 1070. The van der Waals surface area contributed by atoms with Crippen molar-refractivity contribution in [2.24, 2.45) is 0 Å². The molecule has 5 rings (SSSR count). The summed E-state index contributed by atoms with van der Waals surface area (Å²) in [6.45, 7) is 1.81. The van der Waals surface area contributed by atoms with E-state index in [-0.39, 0.29) is 42.7 Å². The molecule has 0 spiro atoms. The number of carbonyl (C=O) groups excluding carboxylic acids is 3. The first-order chi connectivity index (χ1) is 15.5. The average Bonchev–Trinajstić information content (AvgIpc) is 2.93. The van der Waals surface area contributed by atoms with E-state index in [2.05, 4.69) is 10.6 Å². The van der Waals surface area contributed by atoms with Gasteiger partial charge in [-0.3, -0.25) is 14.4 Å². The highest BCUT2D eigenvalue weighted by Crippen LogP contribution is 2.31. The first-order valence-corrected chi connectivity index (χ1v) is 11.4. The van der Waals surface area contributed by atoms with Crippen LogP contribution < -0.4 is 10.6 Å². The van der Waals surface area contributed by atoms with Gasteiger partial charge in [0.25, 0.3) is 5.91 Å². The molecule has 33 heavy (non-hydrogen) atoms. The molecule has 9 heteroatoms. The lowest BCUT2D eigenvalue weighted by Crippen LogP contribution is -2.62. The summed E-state index contributed by atoms with van der Waals surface area (Å²) in [7, 11) is 0. The van der Waals surface area contributed by atoms with E-state index in [1.807, 2.05) is 24.3 Å². The first kappa shape index (κ1) is 23.5. The van der Waals surface area contributed by atoms with Gasteiger partial charge in [-0.05, 0) is 54.8 Å². The number of hydrogen-bond acceptors (Lipinski definition) is 4. The van der Waals surface area contributed by atoms with Crippen molar-refractivity contribution >= 4 is 47.4 Å². The van der Waals surface area contributed by atoms with E-state index in [0.29, 0.717) is 29.4 Å². The number of piperidine rings is 1. The van der Waals surface area contributed by atoms with Crippen LogP contribution in [0, 0.1) is 0 Å². The quantitative estimate of drug-likeness (QED) is 0.679. The molecule has 2 saturated heterocycles. The summed E-state index contributed by atoms with van der Waals surface area (Å²) in [5.41, 5.74) is 2.77. The van der Waals surface area contributed by atoms with Gasteiger partial charge in [0, 0.05) is 18.1 Å². The normalized spacial score (nSPS) is 22.5. The van der Waals surface area contributed by atoms with Crippen LogP contribution in [0.4, 0.5) is 5.69 Å². The van der Waals surface area contributed by atoms with Crippen LogP contribution in [0.15, 0.2) is 42.5 Å². The van der Waals surface area contributed by atoms with Crippen molar-refractivity contribution < 1.29 is 14.4 Å². The highest BCUT2D eigenvalue weighted by molar-refractivity contribution is 6.30. The second kappa shape index (κ2) is 9.71. The van der Waals surface area contributed by atoms with E-state index >= 15 is 0 Å². The van der Waals surface area contributed by atoms with Crippen molar-refractivity contribution in [3.05, 3.63) is 53.1 Å². The summed E-state index contributed by atoms with van der Waals surface area (Å²) in [5, 5.41) is 6.83. The standard InChI is InChI=1S/C24H25ClN4O3.ClH/c25-17-7-4-15(5-8-17)16-6-9-19-18(13-16)23(31)29-12-11-28(14-21(29)22(30)27-19)24(32)20-3-1-2-10-26-20;/h4-9,13,20-21,26H,1-3,10-12,14H2,(H,27,30);1H/t20-,21?;/m0./s1. The molecule has 1 unspecified atom stereocenters. The van der Waals surface area contributed by atoms with Crippen LogP contribution in [-0.2, 0) is 9.59 Å². The van der Waals surface area contributed by atoms with Gasteiger partial charge in [0.2, 0.25) is 11.8 Å². The maximum Gasteiger partial charge on any atom is 0.256 e. The molecule has 0 aromatic heterocycles. The summed E-state index contributed by atoms with van der Waals surface area (Å²) in [4.78, 5) is 42.7. The Morgan fingerprint density at radius 2 is 1.76 bits per heavy atom. The number of anilines is 1. The van der Waals surface area contributed by atoms with Crippen molar-refractivity contribution in [2.45, 2.75) is 31.3 Å². The van der Waals surface area contributed by atoms with Crippen LogP contribution in [0.5, 0.6) is 0 Å². The van der Waals surface area contributed by atoms with Crippen LogP contribution >= 0.6 is 24.0 Å². The number of halogens is 2. The van der Waals surface area contributed by atoms with Crippen molar-refractivity contribution in [3.8, 4) is 11.1 Å². The molecule has 2 atom stereocenters. The first-order valence-electron chi connectivity index (χ1n) is 11.1. The van der Waals surface area contributed by atoms with Gasteiger partial charge in [-0.15, -0.1) is 12.4 Å². The highest BCUT2D eigenvalue weighted by atomic mass is 35.5. The Kier molecular flexibility index (Phi) is 6.93. The minimum absolute atomic E-state index is 0. The summed E-state index contributed by atoms with van der Waals surface area (Å²) in [6.07, 6.45) is 2.91. The number of hydrogen-bond donors (Lipinski definition) is 2. The van der Waals surface area contributed by atoms with Gasteiger partial charge in [0.05, 0.1) is 23.8 Å². The minimum atomic E-state index is -0.699. The van der Waals surface area contributed by atoms with Crippen LogP contribution in [0.2, 0.25) is 5.02 Å². The number of rotatable bonds is 2. The van der Waals surface area contributed by atoms with Crippen LogP contribution in [0.1, 0.15) is 29.6 Å². The monoisotopic (exact) mass is 488 g/mol. The smallest absolute Gasteiger partial charge is 0.256 e. The van der Waals surface area contributed by atoms with Gasteiger partial charge in [0.15, 0.2) is 0 Å². The molecule has 2 aromatic carbocycles. The SMILES string of the molecule is Cl.O=C1Nc2ccc(-c3ccc(Cl)cc3)cc2C(=O)N2CCN(C(=O)[C@@H]3CCCCN3)CC12. The van der Waals surface area contributed by atoms with Gasteiger partial charge in [-0.25, -0.2) is 0 Å². The van der Waals surface area contributed by atoms with Gasteiger partial charge in [-0.1, -0.05) is 36.2 Å².